The van der Waals surface area contributed by atoms with E-state index >= 15 is 0 Å². The van der Waals surface area contributed by atoms with Crippen molar-refractivity contribution in [1.29, 1.82) is 0 Å². The molecule has 0 aliphatic carbocycles. The van der Waals surface area contributed by atoms with Crippen LogP contribution >= 0.6 is 11.6 Å². The van der Waals surface area contributed by atoms with Gasteiger partial charge in [-0.3, -0.25) is 0 Å². The molecule has 0 atom stereocenters. The molecule has 2 aromatic heterocycles. The standard InChI is InChI=1S/C16H17ClN6O/c1-18-12-3-2-11(17)10-14(12)23-13-4-5-19-16(15(13)20-21-23)22-6-8-24-9-7-22/h2-5,10,18H,6-9H2,1H3. The summed E-state index contributed by atoms with van der Waals surface area (Å²) in [7, 11) is 1.87. The third-order valence-electron chi connectivity index (χ3n) is 4.11. The van der Waals surface area contributed by atoms with E-state index in [0.717, 1.165) is 41.3 Å². The Labute approximate surface area is 144 Å². The van der Waals surface area contributed by atoms with Crippen LogP contribution in [-0.2, 0) is 4.74 Å². The van der Waals surface area contributed by atoms with Crippen LogP contribution in [0.4, 0.5) is 11.5 Å². The zero-order valence-electron chi connectivity index (χ0n) is 13.2. The van der Waals surface area contributed by atoms with Crippen LogP contribution in [0.25, 0.3) is 16.7 Å². The van der Waals surface area contributed by atoms with E-state index in [0.29, 0.717) is 18.2 Å². The maximum atomic E-state index is 6.17. The van der Waals surface area contributed by atoms with Crippen LogP contribution in [-0.4, -0.2) is 53.3 Å². The Kier molecular flexibility index (Phi) is 3.95. The monoisotopic (exact) mass is 344 g/mol. The van der Waals surface area contributed by atoms with Gasteiger partial charge in [0.05, 0.1) is 24.6 Å². The van der Waals surface area contributed by atoms with Crippen molar-refractivity contribution in [1.82, 2.24) is 20.0 Å². The van der Waals surface area contributed by atoms with Gasteiger partial charge in [-0.05, 0) is 24.3 Å². The topological polar surface area (TPSA) is 68.1 Å². The summed E-state index contributed by atoms with van der Waals surface area (Å²) >= 11 is 6.17. The summed E-state index contributed by atoms with van der Waals surface area (Å²) in [5, 5.41) is 12.5. The highest BCUT2D eigenvalue weighted by molar-refractivity contribution is 6.30. The molecular formula is C16H17ClN6O. The fraction of sp³-hybridized carbons (Fsp3) is 0.312. The summed E-state index contributed by atoms with van der Waals surface area (Å²) in [6.45, 7) is 3.00. The fourth-order valence-electron chi connectivity index (χ4n) is 2.91. The summed E-state index contributed by atoms with van der Waals surface area (Å²) in [5.74, 6) is 0.843. The van der Waals surface area contributed by atoms with Crippen LogP contribution in [0.3, 0.4) is 0 Å². The van der Waals surface area contributed by atoms with Gasteiger partial charge in [-0.2, -0.15) is 0 Å². The zero-order chi connectivity index (χ0) is 16.5. The molecule has 1 fully saturated rings. The van der Waals surface area contributed by atoms with Crippen molar-refractivity contribution in [3.8, 4) is 5.69 Å². The number of pyridine rings is 1. The molecule has 3 aromatic rings. The van der Waals surface area contributed by atoms with E-state index in [2.05, 4.69) is 25.5 Å². The largest absolute Gasteiger partial charge is 0.386 e. The maximum absolute atomic E-state index is 6.17. The van der Waals surface area contributed by atoms with Gasteiger partial charge >= 0.3 is 0 Å². The number of halogens is 1. The van der Waals surface area contributed by atoms with Crippen LogP contribution in [0.2, 0.25) is 5.02 Å². The van der Waals surface area contributed by atoms with Gasteiger partial charge in [0.1, 0.15) is 5.52 Å². The maximum Gasteiger partial charge on any atom is 0.158 e. The number of rotatable bonds is 3. The number of hydrogen-bond acceptors (Lipinski definition) is 6. The third-order valence-corrected chi connectivity index (χ3v) is 4.35. The van der Waals surface area contributed by atoms with E-state index < -0.39 is 0 Å². The second-order valence-corrected chi connectivity index (χ2v) is 5.95. The van der Waals surface area contributed by atoms with Gasteiger partial charge in [0, 0.05) is 31.4 Å². The molecule has 124 valence electrons. The minimum Gasteiger partial charge on any atom is -0.386 e. The highest BCUT2D eigenvalue weighted by Crippen LogP contribution is 2.29. The minimum absolute atomic E-state index is 0.648. The molecule has 1 aromatic carbocycles. The van der Waals surface area contributed by atoms with Gasteiger partial charge < -0.3 is 15.0 Å². The highest BCUT2D eigenvalue weighted by atomic mass is 35.5. The molecule has 0 unspecified atom stereocenters. The van der Waals surface area contributed by atoms with Gasteiger partial charge in [-0.1, -0.05) is 16.8 Å². The van der Waals surface area contributed by atoms with Gasteiger partial charge in [0.25, 0.3) is 0 Å². The molecule has 4 rings (SSSR count). The first-order chi connectivity index (χ1) is 11.8. The zero-order valence-corrected chi connectivity index (χ0v) is 14.0. The average molecular weight is 345 g/mol. The Hall–Kier alpha value is -2.38. The third kappa shape index (κ3) is 2.55. The SMILES string of the molecule is CNc1ccc(Cl)cc1-n1nnc2c(N3CCOCC3)nccc21. The fourth-order valence-corrected chi connectivity index (χ4v) is 3.08. The number of nitrogens with one attached hydrogen (secondary N) is 1. The van der Waals surface area contributed by atoms with E-state index in [1.165, 1.54) is 0 Å². The lowest BCUT2D eigenvalue weighted by Gasteiger charge is -2.27. The second kappa shape index (κ2) is 6.26. The Morgan fingerprint density at radius 3 is 2.83 bits per heavy atom. The first-order valence-corrected chi connectivity index (χ1v) is 8.16. The minimum atomic E-state index is 0.648. The number of anilines is 2. The number of ether oxygens (including phenoxy) is 1. The molecule has 1 saturated heterocycles. The van der Waals surface area contributed by atoms with Gasteiger partial charge in [0.2, 0.25) is 0 Å². The number of nitrogens with zero attached hydrogens (tertiary/aromatic N) is 5. The van der Waals surface area contributed by atoms with Gasteiger partial charge in [-0.25, -0.2) is 9.67 Å². The van der Waals surface area contributed by atoms with Crippen LogP contribution in [0.5, 0.6) is 0 Å². The second-order valence-electron chi connectivity index (χ2n) is 5.51. The molecule has 24 heavy (non-hydrogen) atoms. The quantitative estimate of drug-likeness (QED) is 0.786. The first kappa shape index (κ1) is 15.2. The lowest BCUT2D eigenvalue weighted by atomic mass is 10.2. The predicted octanol–water partition coefficient (Wildman–Crippen LogP) is 2.35. The van der Waals surface area contributed by atoms with Crippen LogP contribution in [0.15, 0.2) is 30.5 Å². The summed E-state index contributed by atoms with van der Waals surface area (Å²) < 4.78 is 7.21. The number of benzene rings is 1. The lowest BCUT2D eigenvalue weighted by molar-refractivity contribution is 0.122. The predicted molar refractivity (Wildman–Crippen MR) is 94.2 cm³/mol. The summed E-state index contributed by atoms with van der Waals surface area (Å²) in [4.78, 5) is 6.69. The summed E-state index contributed by atoms with van der Waals surface area (Å²) in [5.41, 5.74) is 3.45. The van der Waals surface area contributed by atoms with Crippen LogP contribution in [0.1, 0.15) is 0 Å². The van der Waals surface area contributed by atoms with E-state index in [-0.39, 0.29) is 0 Å². The highest BCUT2D eigenvalue weighted by Gasteiger charge is 2.19. The smallest absolute Gasteiger partial charge is 0.158 e. The first-order valence-electron chi connectivity index (χ1n) is 7.79. The van der Waals surface area contributed by atoms with Crippen molar-refractivity contribution in [3.05, 3.63) is 35.5 Å². The van der Waals surface area contributed by atoms with Crippen molar-refractivity contribution in [2.45, 2.75) is 0 Å². The van der Waals surface area contributed by atoms with Crippen LogP contribution < -0.4 is 10.2 Å². The van der Waals surface area contributed by atoms with E-state index in [9.17, 15) is 0 Å². The Morgan fingerprint density at radius 2 is 2.04 bits per heavy atom. The van der Waals surface area contributed by atoms with Gasteiger partial charge in [-0.15, -0.1) is 5.10 Å². The molecule has 0 radical (unpaired) electrons. The summed E-state index contributed by atoms with van der Waals surface area (Å²) in [6, 6.07) is 7.56. The van der Waals surface area contributed by atoms with Crippen LogP contribution in [0, 0.1) is 0 Å². The number of hydrogen-bond donors (Lipinski definition) is 1. The van der Waals surface area contributed by atoms with E-state index in [4.69, 9.17) is 16.3 Å². The van der Waals surface area contributed by atoms with Crippen molar-refractivity contribution < 1.29 is 4.74 Å². The molecule has 8 heteroatoms. The van der Waals surface area contributed by atoms with Gasteiger partial charge in [0.15, 0.2) is 11.3 Å². The molecule has 0 amide bonds. The van der Waals surface area contributed by atoms with Crippen molar-refractivity contribution >= 4 is 34.1 Å². The molecule has 0 saturated carbocycles. The van der Waals surface area contributed by atoms with Crippen molar-refractivity contribution in [3.63, 3.8) is 0 Å². The summed E-state index contributed by atoms with van der Waals surface area (Å²) in [6.07, 6.45) is 1.79. The molecule has 1 aliphatic heterocycles. The van der Waals surface area contributed by atoms with E-state index in [1.807, 2.05) is 31.3 Å². The Morgan fingerprint density at radius 1 is 1.21 bits per heavy atom. The Bertz CT molecular complexity index is 874. The molecule has 1 aliphatic rings. The molecular weight excluding hydrogens is 328 g/mol. The van der Waals surface area contributed by atoms with Crippen molar-refractivity contribution in [2.75, 3.05) is 43.6 Å². The lowest BCUT2D eigenvalue weighted by Crippen LogP contribution is -2.36. The van der Waals surface area contributed by atoms with Crippen molar-refractivity contribution in [2.24, 2.45) is 0 Å². The number of morpholine rings is 1. The number of fused-ring (bicyclic) bond motifs is 1. The number of aromatic nitrogens is 4. The molecule has 7 nitrogen and oxygen atoms in total. The molecule has 0 bridgehead atoms. The molecule has 0 spiro atoms. The average Bonchev–Trinajstić information content (AvgIpc) is 3.06. The Balaban J connectivity index is 1.85. The molecule has 3 heterocycles. The normalized spacial score (nSPS) is 15.0. The van der Waals surface area contributed by atoms with E-state index in [1.54, 1.807) is 10.9 Å². The molecule has 1 N–H and O–H groups in total.